The number of pyridine rings is 1. The molecule has 0 aliphatic rings. The molecule has 1 rings (SSSR count). The maximum absolute atomic E-state index is 11.4. The van der Waals surface area contributed by atoms with Crippen molar-refractivity contribution in [3.8, 4) is 0 Å². The van der Waals surface area contributed by atoms with E-state index >= 15 is 0 Å². The lowest BCUT2D eigenvalue weighted by molar-refractivity contribution is -0.117. The molecule has 0 radical (unpaired) electrons. The predicted octanol–water partition coefficient (Wildman–Crippen LogP) is 0.969. The van der Waals surface area contributed by atoms with E-state index in [9.17, 15) is 4.79 Å². The summed E-state index contributed by atoms with van der Waals surface area (Å²) >= 11 is 0. The van der Waals surface area contributed by atoms with Crippen molar-refractivity contribution in [2.24, 2.45) is 0 Å². The van der Waals surface area contributed by atoms with Gasteiger partial charge >= 0.3 is 0 Å². The molecule has 0 aliphatic heterocycles. The van der Waals surface area contributed by atoms with Crippen LogP contribution in [0.4, 0.5) is 0 Å². The molecule has 1 heterocycles. The first-order valence-corrected chi connectivity index (χ1v) is 4.55. The van der Waals surface area contributed by atoms with Crippen LogP contribution in [0.5, 0.6) is 0 Å². The first-order chi connectivity index (χ1) is 6.83. The molecule has 0 bridgehead atoms. The molecular formula is C11H14N2O. The summed E-state index contributed by atoms with van der Waals surface area (Å²) in [4.78, 5) is 15.3. The second-order valence-corrected chi connectivity index (χ2v) is 2.99. The lowest BCUT2D eigenvalue weighted by Gasteiger charge is -2.01. The first-order valence-electron chi connectivity index (χ1n) is 4.55. The first kappa shape index (κ1) is 10.6. The Morgan fingerprint density at radius 3 is 2.86 bits per heavy atom. The number of hydrogen-bond acceptors (Lipinski definition) is 3. The summed E-state index contributed by atoms with van der Waals surface area (Å²) in [6.45, 7) is 4.63. The van der Waals surface area contributed by atoms with Crippen LogP contribution in [0, 0.1) is 0 Å². The molecule has 74 valence electrons. The van der Waals surface area contributed by atoms with Crippen molar-refractivity contribution in [1.29, 1.82) is 0 Å². The Morgan fingerprint density at radius 1 is 1.50 bits per heavy atom. The molecule has 3 heteroatoms. The fraction of sp³-hybridized carbons (Fsp3) is 0.273. The second-order valence-electron chi connectivity index (χ2n) is 2.99. The van der Waals surface area contributed by atoms with Gasteiger partial charge in [0, 0.05) is 25.4 Å². The molecule has 1 aromatic rings. The Kier molecular flexibility index (Phi) is 4.58. The Balaban J connectivity index is 2.31. The fourth-order valence-corrected chi connectivity index (χ4v) is 1.10. The van der Waals surface area contributed by atoms with Crippen molar-refractivity contribution in [3.63, 3.8) is 0 Å². The van der Waals surface area contributed by atoms with Crippen LogP contribution in [-0.2, 0) is 11.2 Å². The molecule has 3 nitrogen and oxygen atoms in total. The molecule has 0 saturated carbocycles. The van der Waals surface area contributed by atoms with Crippen LogP contribution in [0.2, 0.25) is 0 Å². The average Bonchev–Trinajstić information content (AvgIpc) is 2.20. The predicted molar refractivity (Wildman–Crippen MR) is 56.0 cm³/mol. The number of nitrogens with one attached hydrogen (secondary N) is 1. The highest BCUT2D eigenvalue weighted by Gasteiger charge is 2.01. The number of carbonyl (C=O) groups is 1. The Bertz CT molecular complexity index is 295. The summed E-state index contributed by atoms with van der Waals surface area (Å²) < 4.78 is 0. The van der Waals surface area contributed by atoms with Crippen LogP contribution in [0.1, 0.15) is 5.56 Å². The maximum atomic E-state index is 11.4. The third kappa shape index (κ3) is 3.96. The number of ketones is 1. The quantitative estimate of drug-likeness (QED) is 0.537. The SMILES string of the molecule is C=CCNCC(=O)Cc1ccncc1. The van der Waals surface area contributed by atoms with Gasteiger partial charge in [0.15, 0.2) is 5.78 Å². The van der Waals surface area contributed by atoms with Gasteiger partial charge in [-0.25, -0.2) is 0 Å². The average molecular weight is 190 g/mol. The molecule has 14 heavy (non-hydrogen) atoms. The smallest absolute Gasteiger partial charge is 0.150 e. The minimum Gasteiger partial charge on any atom is -0.307 e. The van der Waals surface area contributed by atoms with Gasteiger partial charge in [0.2, 0.25) is 0 Å². The molecular weight excluding hydrogens is 176 g/mol. The van der Waals surface area contributed by atoms with Crippen LogP contribution in [0.3, 0.4) is 0 Å². The summed E-state index contributed by atoms with van der Waals surface area (Å²) in [6, 6.07) is 3.71. The summed E-state index contributed by atoms with van der Waals surface area (Å²) in [6.07, 6.45) is 5.59. The molecule has 0 fully saturated rings. The minimum absolute atomic E-state index is 0.179. The summed E-state index contributed by atoms with van der Waals surface area (Å²) in [5, 5.41) is 2.97. The van der Waals surface area contributed by atoms with Gasteiger partial charge in [-0.2, -0.15) is 0 Å². The Hall–Kier alpha value is -1.48. The molecule has 1 aromatic heterocycles. The number of carbonyl (C=O) groups excluding carboxylic acids is 1. The third-order valence-electron chi connectivity index (χ3n) is 1.76. The second kappa shape index (κ2) is 6.05. The number of aromatic nitrogens is 1. The maximum Gasteiger partial charge on any atom is 0.150 e. The molecule has 1 N–H and O–H groups in total. The van der Waals surface area contributed by atoms with Gasteiger partial charge in [-0.05, 0) is 17.7 Å². The van der Waals surface area contributed by atoms with E-state index in [4.69, 9.17) is 0 Å². The number of nitrogens with zero attached hydrogens (tertiary/aromatic N) is 1. The number of Topliss-reactive ketones (excluding diaryl/α,β-unsaturated/α-hetero) is 1. The zero-order chi connectivity index (χ0) is 10.2. The Labute approximate surface area is 83.9 Å². The highest BCUT2D eigenvalue weighted by Crippen LogP contribution is 1.97. The van der Waals surface area contributed by atoms with Crippen molar-refractivity contribution >= 4 is 5.78 Å². The van der Waals surface area contributed by atoms with E-state index in [0.717, 1.165) is 5.56 Å². The fourth-order valence-electron chi connectivity index (χ4n) is 1.10. The van der Waals surface area contributed by atoms with Gasteiger partial charge in [0.25, 0.3) is 0 Å². The molecule has 0 aliphatic carbocycles. The molecule has 0 unspecified atom stereocenters. The van der Waals surface area contributed by atoms with Crippen molar-refractivity contribution in [2.75, 3.05) is 13.1 Å². The molecule has 0 amide bonds. The normalized spacial score (nSPS) is 9.71. The van der Waals surface area contributed by atoms with Crippen molar-refractivity contribution in [3.05, 3.63) is 42.7 Å². The zero-order valence-electron chi connectivity index (χ0n) is 8.07. The van der Waals surface area contributed by atoms with E-state index in [2.05, 4.69) is 16.9 Å². The molecule has 0 saturated heterocycles. The largest absolute Gasteiger partial charge is 0.307 e. The zero-order valence-corrected chi connectivity index (χ0v) is 8.07. The van der Waals surface area contributed by atoms with Crippen LogP contribution < -0.4 is 5.32 Å². The van der Waals surface area contributed by atoms with Gasteiger partial charge in [0.1, 0.15) is 0 Å². The van der Waals surface area contributed by atoms with Gasteiger partial charge < -0.3 is 5.32 Å². The van der Waals surface area contributed by atoms with Crippen molar-refractivity contribution < 1.29 is 4.79 Å². The molecule has 0 aromatic carbocycles. The van der Waals surface area contributed by atoms with Crippen LogP contribution in [-0.4, -0.2) is 23.9 Å². The number of hydrogen-bond donors (Lipinski definition) is 1. The van der Waals surface area contributed by atoms with Gasteiger partial charge in [-0.15, -0.1) is 6.58 Å². The highest BCUT2D eigenvalue weighted by atomic mass is 16.1. The van der Waals surface area contributed by atoms with E-state index in [0.29, 0.717) is 19.5 Å². The standard InChI is InChI=1S/C11H14N2O/c1-2-5-13-9-11(14)8-10-3-6-12-7-4-10/h2-4,6-7,13H,1,5,8-9H2. The van der Waals surface area contributed by atoms with Crippen LogP contribution in [0.15, 0.2) is 37.2 Å². The molecule has 0 spiro atoms. The lowest BCUT2D eigenvalue weighted by Crippen LogP contribution is -2.24. The van der Waals surface area contributed by atoms with E-state index in [1.54, 1.807) is 18.5 Å². The van der Waals surface area contributed by atoms with Crippen LogP contribution >= 0.6 is 0 Å². The minimum atomic E-state index is 0.179. The van der Waals surface area contributed by atoms with Crippen molar-refractivity contribution in [2.45, 2.75) is 6.42 Å². The van der Waals surface area contributed by atoms with Gasteiger partial charge in [-0.1, -0.05) is 6.08 Å². The number of rotatable bonds is 6. The van der Waals surface area contributed by atoms with Crippen LogP contribution in [0.25, 0.3) is 0 Å². The third-order valence-corrected chi connectivity index (χ3v) is 1.76. The van der Waals surface area contributed by atoms with E-state index < -0.39 is 0 Å². The lowest BCUT2D eigenvalue weighted by atomic mass is 10.1. The highest BCUT2D eigenvalue weighted by molar-refractivity contribution is 5.82. The topological polar surface area (TPSA) is 42.0 Å². The Morgan fingerprint density at radius 2 is 2.21 bits per heavy atom. The summed E-state index contributed by atoms with van der Waals surface area (Å²) in [7, 11) is 0. The van der Waals surface area contributed by atoms with E-state index in [1.807, 2.05) is 12.1 Å². The van der Waals surface area contributed by atoms with Gasteiger partial charge in [-0.3, -0.25) is 9.78 Å². The van der Waals surface area contributed by atoms with E-state index in [-0.39, 0.29) is 5.78 Å². The van der Waals surface area contributed by atoms with E-state index in [1.165, 1.54) is 0 Å². The summed E-state index contributed by atoms with van der Waals surface area (Å²) in [5.41, 5.74) is 1.01. The monoisotopic (exact) mass is 190 g/mol. The van der Waals surface area contributed by atoms with Gasteiger partial charge in [0.05, 0.1) is 6.54 Å². The summed E-state index contributed by atoms with van der Waals surface area (Å²) in [5.74, 6) is 0.179. The van der Waals surface area contributed by atoms with Crippen molar-refractivity contribution in [1.82, 2.24) is 10.3 Å². The molecule has 0 atom stereocenters.